The Hall–Kier alpha value is -2.02. The molecular formula is C16H22F2N2O3. The Morgan fingerprint density at radius 3 is 2.48 bits per heavy atom. The number of rotatable bonds is 7. The molecule has 1 rings (SSSR count). The summed E-state index contributed by atoms with van der Waals surface area (Å²) in [5.41, 5.74) is -0.263. The molecule has 23 heavy (non-hydrogen) atoms. The van der Waals surface area contributed by atoms with E-state index in [0.717, 1.165) is 18.6 Å². The molecule has 0 fully saturated rings. The van der Waals surface area contributed by atoms with Crippen LogP contribution in [0, 0.1) is 23.5 Å². The van der Waals surface area contributed by atoms with E-state index in [9.17, 15) is 18.4 Å². The highest BCUT2D eigenvalue weighted by atomic mass is 19.1. The third kappa shape index (κ3) is 6.73. The smallest absolute Gasteiger partial charge is 0.313 e. The molecular weight excluding hydrogens is 306 g/mol. The predicted molar refractivity (Wildman–Crippen MR) is 82.6 cm³/mol. The highest BCUT2D eigenvalue weighted by molar-refractivity contribution is 6.39. The van der Waals surface area contributed by atoms with Crippen molar-refractivity contribution in [2.24, 2.45) is 11.8 Å². The van der Waals surface area contributed by atoms with Gasteiger partial charge in [-0.05, 0) is 36.8 Å². The van der Waals surface area contributed by atoms with Gasteiger partial charge in [0, 0.05) is 19.2 Å². The molecule has 0 saturated heterocycles. The van der Waals surface area contributed by atoms with Crippen LogP contribution in [0.4, 0.5) is 14.5 Å². The molecule has 0 aliphatic heterocycles. The summed E-state index contributed by atoms with van der Waals surface area (Å²) in [7, 11) is 0. The van der Waals surface area contributed by atoms with Crippen molar-refractivity contribution in [1.29, 1.82) is 0 Å². The predicted octanol–water partition coefficient (Wildman–Crippen LogP) is 2.06. The molecule has 128 valence electrons. The van der Waals surface area contributed by atoms with Gasteiger partial charge in [-0.2, -0.15) is 0 Å². The Kier molecular flexibility index (Phi) is 7.61. The molecule has 7 heteroatoms. The maximum atomic E-state index is 13.4. The van der Waals surface area contributed by atoms with E-state index < -0.39 is 23.4 Å². The molecule has 0 spiro atoms. The number of hydrogen-bond acceptors (Lipinski definition) is 3. The first-order valence-electron chi connectivity index (χ1n) is 7.48. The fourth-order valence-electron chi connectivity index (χ4n) is 2.24. The molecule has 1 atom stereocenters. The lowest BCUT2D eigenvalue weighted by Crippen LogP contribution is -2.38. The van der Waals surface area contributed by atoms with E-state index in [4.69, 9.17) is 5.11 Å². The number of amides is 2. The highest BCUT2D eigenvalue weighted by Crippen LogP contribution is 2.15. The van der Waals surface area contributed by atoms with Gasteiger partial charge < -0.3 is 15.7 Å². The van der Waals surface area contributed by atoms with Crippen LogP contribution < -0.4 is 10.6 Å². The number of anilines is 1. The standard InChI is InChI=1S/C16H22F2N2O3/c1-10(2)7-11(5-6-21)9-19-15(22)16(23)20-14-4-3-12(17)8-13(14)18/h3-4,8,10-11,21H,5-7,9H2,1-2H3,(H,19,22)(H,20,23). The molecule has 0 radical (unpaired) electrons. The molecule has 5 nitrogen and oxygen atoms in total. The second-order valence-electron chi connectivity index (χ2n) is 5.80. The molecule has 1 aromatic rings. The highest BCUT2D eigenvalue weighted by Gasteiger charge is 2.18. The number of nitrogens with one attached hydrogen (secondary N) is 2. The van der Waals surface area contributed by atoms with Crippen LogP contribution in [-0.2, 0) is 9.59 Å². The molecule has 0 saturated carbocycles. The molecule has 0 aromatic heterocycles. The minimum absolute atomic E-state index is 0.000242. The van der Waals surface area contributed by atoms with Crippen molar-refractivity contribution in [3.8, 4) is 0 Å². The van der Waals surface area contributed by atoms with Gasteiger partial charge in [0.05, 0.1) is 5.69 Å². The van der Waals surface area contributed by atoms with E-state index >= 15 is 0 Å². The maximum Gasteiger partial charge on any atom is 0.313 e. The maximum absolute atomic E-state index is 13.4. The molecule has 2 amide bonds. The largest absolute Gasteiger partial charge is 0.396 e. The van der Waals surface area contributed by atoms with Gasteiger partial charge >= 0.3 is 11.8 Å². The summed E-state index contributed by atoms with van der Waals surface area (Å²) in [4.78, 5) is 23.4. The number of carbonyl (C=O) groups is 2. The van der Waals surface area contributed by atoms with Crippen molar-refractivity contribution in [1.82, 2.24) is 5.32 Å². The summed E-state index contributed by atoms with van der Waals surface area (Å²) in [5.74, 6) is -3.21. The first kappa shape index (κ1) is 19.0. The van der Waals surface area contributed by atoms with Crippen LogP contribution in [0.5, 0.6) is 0 Å². The van der Waals surface area contributed by atoms with Gasteiger partial charge in [0.2, 0.25) is 0 Å². The van der Waals surface area contributed by atoms with Crippen molar-refractivity contribution in [2.75, 3.05) is 18.5 Å². The number of benzene rings is 1. The van der Waals surface area contributed by atoms with Crippen LogP contribution in [-0.4, -0.2) is 30.1 Å². The number of aliphatic hydroxyl groups excluding tert-OH is 1. The Labute approximate surface area is 134 Å². The van der Waals surface area contributed by atoms with Crippen molar-refractivity contribution in [3.63, 3.8) is 0 Å². The number of halogens is 2. The van der Waals surface area contributed by atoms with Crippen LogP contribution in [0.2, 0.25) is 0 Å². The third-order valence-corrected chi connectivity index (χ3v) is 3.28. The van der Waals surface area contributed by atoms with Crippen LogP contribution >= 0.6 is 0 Å². The second kappa shape index (κ2) is 9.19. The zero-order chi connectivity index (χ0) is 17.4. The van der Waals surface area contributed by atoms with Gasteiger partial charge in [0.25, 0.3) is 0 Å². The molecule has 1 unspecified atom stereocenters. The second-order valence-corrected chi connectivity index (χ2v) is 5.80. The zero-order valence-electron chi connectivity index (χ0n) is 13.2. The number of carbonyl (C=O) groups excluding carboxylic acids is 2. The monoisotopic (exact) mass is 328 g/mol. The average Bonchev–Trinajstić information content (AvgIpc) is 2.47. The van der Waals surface area contributed by atoms with E-state index in [1.54, 1.807) is 0 Å². The van der Waals surface area contributed by atoms with Crippen LogP contribution in [0.25, 0.3) is 0 Å². The Balaban J connectivity index is 2.54. The van der Waals surface area contributed by atoms with E-state index in [2.05, 4.69) is 10.6 Å². The molecule has 0 aliphatic carbocycles. The van der Waals surface area contributed by atoms with E-state index in [1.807, 2.05) is 13.8 Å². The molecule has 3 N–H and O–H groups in total. The van der Waals surface area contributed by atoms with Crippen molar-refractivity contribution < 1.29 is 23.5 Å². The van der Waals surface area contributed by atoms with Crippen molar-refractivity contribution in [2.45, 2.75) is 26.7 Å². The minimum Gasteiger partial charge on any atom is -0.396 e. The Morgan fingerprint density at radius 2 is 1.91 bits per heavy atom. The summed E-state index contributed by atoms with van der Waals surface area (Å²) in [6.07, 6.45) is 1.32. The third-order valence-electron chi connectivity index (χ3n) is 3.28. The lowest BCUT2D eigenvalue weighted by molar-refractivity contribution is -0.136. The van der Waals surface area contributed by atoms with E-state index in [0.29, 0.717) is 18.4 Å². The first-order valence-corrected chi connectivity index (χ1v) is 7.48. The SMILES string of the molecule is CC(C)CC(CCO)CNC(=O)C(=O)Nc1ccc(F)cc1F. The Bertz CT molecular complexity index is 550. The summed E-state index contributed by atoms with van der Waals surface area (Å²) in [6, 6.07) is 2.65. The first-order chi connectivity index (χ1) is 10.8. The summed E-state index contributed by atoms with van der Waals surface area (Å²) in [5, 5.41) is 13.6. The van der Waals surface area contributed by atoms with Crippen LogP contribution in [0.15, 0.2) is 18.2 Å². The zero-order valence-corrected chi connectivity index (χ0v) is 13.2. The summed E-state index contributed by atoms with van der Waals surface area (Å²) < 4.78 is 26.2. The lowest BCUT2D eigenvalue weighted by Gasteiger charge is -2.18. The van der Waals surface area contributed by atoms with E-state index in [-0.39, 0.29) is 24.8 Å². The molecule has 0 aliphatic rings. The van der Waals surface area contributed by atoms with Crippen LogP contribution in [0.1, 0.15) is 26.7 Å². The average molecular weight is 328 g/mol. The van der Waals surface area contributed by atoms with E-state index in [1.165, 1.54) is 0 Å². The quantitative estimate of drug-likeness (QED) is 0.671. The fourth-order valence-corrected chi connectivity index (χ4v) is 2.24. The molecule has 0 bridgehead atoms. The van der Waals surface area contributed by atoms with Gasteiger partial charge in [-0.1, -0.05) is 13.8 Å². The van der Waals surface area contributed by atoms with Gasteiger partial charge in [0.15, 0.2) is 0 Å². The van der Waals surface area contributed by atoms with Crippen molar-refractivity contribution in [3.05, 3.63) is 29.8 Å². The van der Waals surface area contributed by atoms with Gasteiger partial charge in [-0.15, -0.1) is 0 Å². The minimum atomic E-state index is -1.03. The van der Waals surface area contributed by atoms with Gasteiger partial charge in [-0.25, -0.2) is 8.78 Å². The van der Waals surface area contributed by atoms with Gasteiger partial charge in [-0.3, -0.25) is 9.59 Å². The molecule has 1 aromatic carbocycles. The fraction of sp³-hybridized carbons (Fsp3) is 0.500. The van der Waals surface area contributed by atoms with Crippen molar-refractivity contribution >= 4 is 17.5 Å². The van der Waals surface area contributed by atoms with Crippen LogP contribution in [0.3, 0.4) is 0 Å². The molecule has 0 heterocycles. The van der Waals surface area contributed by atoms with Gasteiger partial charge in [0.1, 0.15) is 11.6 Å². The normalized spacial score (nSPS) is 12.1. The Morgan fingerprint density at radius 1 is 1.22 bits per heavy atom. The number of hydrogen-bond donors (Lipinski definition) is 3. The summed E-state index contributed by atoms with van der Waals surface area (Å²) in [6.45, 7) is 4.30. The topological polar surface area (TPSA) is 78.4 Å². The number of aliphatic hydroxyl groups is 1. The lowest BCUT2D eigenvalue weighted by atomic mass is 9.94. The summed E-state index contributed by atoms with van der Waals surface area (Å²) >= 11 is 0.